The van der Waals surface area contributed by atoms with Gasteiger partial charge < -0.3 is 5.32 Å². The lowest BCUT2D eigenvalue weighted by atomic mass is 10.2. The molecule has 2 saturated heterocycles. The van der Waals surface area contributed by atoms with Crippen molar-refractivity contribution in [3.63, 3.8) is 0 Å². The fraction of sp³-hybridized carbons (Fsp3) is 1.00. The lowest BCUT2D eigenvalue weighted by Crippen LogP contribution is -2.45. The van der Waals surface area contributed by atoms with E-state index in [1.165, 1.54) is 0 Å². The molecule has 0 aromatic heterocycles. The summed E-state index contributed by atoms with van der Waals surface area (Å²) in [5.74, 6) is 0. The average Bonchev–Trinajstić information content (AvgIpc) is 2.66. The Hall–Kier alpha value is 0.120. The van der Waals surface area contributed by atoms with Crippen LogP contribution in [0.5, 0.6) is 0 Å². The van der Waals surface area contributed by atoms with E-state index in [4.69, 9.17) is 0 Å². The predicted octanol–water partition coefficient (Wildman–Crippen LogP) is 0.871. The molecular weight excluding hydrogens is 274 g/mol. The van der Waals surface area contributed by atoms with E-state index in [0.29, 0.717) is 25.7 Å². The van der Waals surface area contributed by atoms with Crippen LogP contribution in [0.3, 0.4) is 0 Å². The first-order chi connectivity index (χ1) is 8.18. The SMILES string of the molecule is Cl.O=S(=O)(NC[C@H]1CCCN1)N1CCCCCC1. The van der Waals surface area contributed by atoms with E-state index in [1.54, 1.807) is 4.31 Å². The summed E-state index contributed by atoms with van der Waals surface area (Å²) in [7, 11) is -3.25. The molecule has 1 atom stereocenters. The predicted molar refractivity (Wildman–Crippen MR) is 75.2 cm³/mol. The van der Waals surface area contributed by atoms with Crippen molar-refractivity contribution in [3.8, 4) is 0 Å². The molecule has 0 spiro atoms. The molecule has 0 bridgehead atoms. The van der Waals surface area contributed by atoms with Gasteiger partial charge >= 0.3 is 0 Å². The Morgan fingerprint density at radius 1 is 1.11 bits per heavy atom. The Bertz CT molecular complexity index is 323. The molecule has 0 amide bonds. The quantitative estimate of drug-likeness (QED) is 0.809. The van der Waals surface area contributed by atoms with Crippen LogP contribution in [0.1, 0.15) is 38.5 Å². The van der Waals surface area contributed by atoms with Crippen LogP contribution < -0.4 is 10.0 Å². The second-order valence-corrected chi connectivity index (χ2v) is 6.72. The highest BCUT2D eigenvalue weighted by Crippen LogP contribution is 2.12. The molecule has 2 fully saturated rings. The maximum absolute atomic E-state index is 12.1. The van der Waals surface area contributed by atoms with E-state index in [9.17, 15) is 8.42 Å². The van der Waals surface area contributed by atoms with Crippen molar-refractivity contribution < 1.29 is 8.42 Å². The van der Waals surface area contributed by atoms with Gasteiger partial charge in [0.05, 0.1) is 0 Å². The molecule has 2 heterocycles. The summed E-state index contributed by atoms with van der Waals surface area (Å²) in [5.41, 5.74) is 0. The molecule has 0 aromatic rings. The smallest absolute Gasteiger partial charge is 0.279 e. The maximum atomic E-state index is 12.1. The van der Waals surface area contributed by atoms with Crippen LogP contribution in [0.15, 0.2) is 0 Å². The van der Waals surface area contributed by atoms with Crippen LogP contribution in [0, 0.1) is 0 Å². The molecule has 5 nitrogen and oxygen atoms in total. The number of hydrogen-bond donors (Lipinski definition) is 2. The van der Waals surface area contributed by atoms with Gasteiger partial charge in [-0.05, 0) is 32.2 Å². The summed E-state index contributed by atoms with van der Waals surface area (Å²) in [6.45, 7) is 2.88. The van der Waals surface area contributed by atoms with Gasteiger partial charge in [0.15, 0.2) is 0 Å². The molecule has 18 heavy (non-hydrogen) atoms. The second-order valence-electron chi connectivity index (χ2n) is 4.96. The molecule has 2 N–H and O–H groups in total. The van der Waals surface area contributed by atoms with Crippen molar-refractivity contribution in [2.24, 2.45) is 0 Å². The molecule has 0 unspecified atom stereocenters. The maximum Gasteiger partial charge on any atom is 0.279 e. The summed E-state index contributed by atoms with van der Waals surface area (Å²) in [5, 5.41) is 3.30. The molecule has 2 aliphatic rings. The third-order valence-corrected chi connectivity index (χ3v) is 5.16. The highest BCUT2D eigenvalue weighted by molar-refractivity contribution is 7.87. The van der Waals surface area contributed by atoms with E-state index in [2.05, 4.69) is 10.0 Å². The standard InChI is InChI=1S/C11H23N3O2S.ClH/c15-17(16,13-10-11-6-5-7-12-11)14-8-3-1-2-4-9-14;/h11-13H,1-10H2;1H/t11-;/m1./s1. The number of nitrogens with one attached hydrogen (secondary N) is 2. The van der Waals surface area contributed by atoms with Gasteiger partial charge in [-0.15, -0.1) is 12.4 Å². The van der Waals surface area contributed by atoms with E-state index < -0.39 is 10.2 Å². The Kier molecular flexibility index (Phi) is 6.87. The number of hydrogen-bond acceptors (Lipinski definition) is 3. The fourth-order valence-electron chi connectivity index (χ4n) is 2.51. The van der Waals surface area contributed by atoms with Crippen LogP contribution in [-0.4, -0.2) is 44.9 Å². The zero-order valence-corrected chi connectivity index (χ0v) is 12.4. The lowest BCUT2D eigenvalue weighted by molar-refractivity contribution is 0.411. The van der Waals surface area contributed by atoms with Crippen molar-refractivity contribution in [1.29, 1.82) is 0 Å². The summed E-state index contributed by atoms with van der Waals surface area (Å²) >= 11 is 0. The average molecular weight is 298 g/mol. The molecule has 2 aliphatic heterocycles. The normalized spacial score (nSPS) is 26.6. The summed E-state index contributed by atoms with van der Waals surface area (Å²) in [4.78, 5) is 0. The summed E-state index contributed by atoms with van der Waals surface area (Å²) < 4.78 is 28.5. The Morgan fingerprint density at radius 3 is 2.33 bits per heavy atom. The first kappa shape index (κ1) is 16.2. The van der Waals surface area contributed by atoms with Gasteiger partial charge in [0, 0.05) is 25.7 Å². The van der Waals surface area contributed by atoms with Gasteiger partial charge in [-0.3, -0.25) is 0 Å². The van der Waals surface area contributed by atoms with Crippen molar-refractivity contribution in [2.75, 3.05) is 26.2 Å². The van der Waals surface area contributed by atoms with Crippen molar-refractivity contribution in [3.05, 3.63) is 0 Å². The van der Waals surface area contributed by atoms with Gasteiger partial charge in [0.2, 0.25) is 0 Å². The van der Waals surface area contributed by atoms with Crippen LogP contribution in [-0.2, 0) is 10.2 Å². The van der Waals surface area contributed by atoms with Crippen LogP contribution in [0.2, 0.25) is 0 Å². The minimum Gasteiger partial charge on any atom is -0.313 e. The van der Waals surface area contributed by atoms with Gasteiger partial charge in [-0.2, -0.15) is 12.7 Å². The number of nitrogens with zero attached hydrogens (tertiary/aromatic N) is 1. The monoisotopic (exact) mass is 297 g/mol. The molecule has 7 heteroatoms. The highest BCUT2D eigenvalue weighted by atomic mass is 35.5. The molecule has 108 valence electrons. The Labute approximate surface area is 116 Å². The zero-order chi connectivity index (χ0) is 12.1. The third kappa shape index (κ3) is 4.66. The minimum atomic E-state index is -3.25. The molecule has 2 rings (SSSR count). The Morgan fingerprint density at radius 2 is 1.78 bits per heavy atom. The third-order valence-electron chi connectivity index (χ3n) is 3.58. The van der Waals surface area contributed by atoms with Crippen molar-refractivity contribution in [1.82, 2.24) is 14.3 Å². The van der Waals surface area contributed by atoms with Gasteiger partial charge in [0.25, 0.3) is 10.2 Å². The lowest BCUT2D eigenvalue weighted by Gasteiger charge is -2.21. The molecule has 0 saturated carbocycles. The number of halogens is 1. The second kappa shape index (κ2) is 7.65. The van der Waals surface area contributed by atoms with Crippen LogP contribution >= 0.6 is 12.4 Å². The molecular formula is C11H24ClN3O2S. The minimum absolute atomic E-state index is 0. The first-order valence-electron chi connectivity index (χ1n) is 6.66. The van der Waals surface area contributed by atoms with Gasteiger partial charge in [-0.1, -0.05) is 12.8 Å². The van der Waals surface area contributed by atoms with Crippen molar-refractivity contribution >= 4 is 22.6 Å². The van der Waals surface area contributed by atoms with E-state index in [1.807, 2.05) is 0 Å². The summed E-state index contributed by atoms with van der Waals surface area (Å²) in [6, 6.07) is 0.316. The van der Waals surface area contributed by atoms with Crippen LogP contribution in [0.25, 0.3) is 0 Å². The first-order valence-corrected chi connectivity index (χ1v) is 8.10. The largest absolute Gasteiger partial charge is 0.313 e. The fourth-order valence-corrected chi connectivity index (χ4v) is 3.84. The topological polar surface area (TPSA) is 61.4 Å². The molecule has 0 aliphatic carbocycles. The van der Waals surface area contributed by atoms with Crippen LogP contribution in [0.4, 0.5) is 0 Å². The van der Waals surface area contributed by atoms with Gasteiger partial charge in [0.1, 0.15) is 0 Å². The van der Waals surface area contributed by atoms with E-state index in [-0.39, 0.29) is 12.4 Å². The highest BCUT2D eigenvalue weighted by Gasteiger charge is 2.24. The van der Waals surface area contributed by atoms with E-state index in [0.717, 1.165) is 45.1 Å². The zero-order valence-electron chi connectivity index (χ0n) is 10.7. The number of rotatable bonds is 4. The summed E-state index contributed by atoms with van der Waals surface area (Å²) in [6.07, 6.45) is 6.50. The molecule has 0 aromatic carbocycles. The Balaban J connectivity index is 0.00000162. The van der Waals surface area contributed by atoms with E-state index >= 15 is 0 Å². The molecule has 0 radical (unpaired) electrons. The van der Waals surface area contributed by atoms with Gasteiger partial charge in [-0.25, -0.2) is 4.72 Å². The van der Waals surface area contributed by atoms with Crippen molar-refractivity contribution in [2.45, 2.75) is 44.6 Å².